The molecule has 0 atom stereocenters. The van der Waals surface area contributed by atoms with E-state index in [0.29, 0.717) is 0 Å². The van der Waals surface area contributed by atoms with Gasteiger partial charge < -0.3 is 4.98 Å². The molecule has 4 heteroatoms. The number of aromatic amines is 1. The molecule has 0 radical (unpaired) electrons. The third kappa shape index (κ3) is 1.20. The van der Waals surface area contributed by atoms with E-state index in [0.717, 1.165) is 11.0 Å². The molecule has 1 N–H and O–H groups in total. The summed E-state index contributed by atoms with van der Waals surface area (Å²) >= 11 is 4.40. The third-order valence-electron chi connectivity index (χ3n) is 0.715. The Hall–Kier alpha value is -0.0900. The smallest absolute Gasteiger partial charge is 0.304 e. The van der Waals surface area contributed by atoms with Gasteiger partial charge in [-0.3, -0.25) is 4.79 Å². The predicted octanol–water partition coefficient (Wildman–Crippen LogP) is 1.33. The van der Waals surface area contributed by atoms with Crippen LogP contribution in [0, 0.1) is 0 Å². The zero-order valence-corrected chi connectivity index (χ0v) is 6.38. The Balaban J connectivity index is 3.01. The molecule has 8 heavy (non-hydrogen) atoms. The van der Waals surface area contributed by atoms with Gasteiger partial charge in [-0.05, 0) is 0 Å². The van der Waals surface area contributed by atoms with E-state index in [-0.39, 0.29) is 4.87 Å². The molecule has 2 nitrogen and oxygen atoms in total. The van der Waals surface area contributed by atoms with Crippen LogP contribution in [0.25, 0.3) is 0 Å². The Bertz CT molecular complexity index is 216. The molecule has 0 spiro atoms. The van der Waals surface area contributed by atoms with E-state index in [1.54, 1.807) is 5.38 Å². The first-order chi connectivity index (χ1) is 3.83. The fourth-order valence-electron chi connectivity index (χ4n) is 0.380. The number of halogens is 1. The summed E-state index contributed by atoms with van der Waals surface area (Å²) in [5, 5.41) is 2.53. The van der Waals surface area contributed by atoms with Crippen molar-refractivity contribution in [3.05, 3.63) is 20.7 Å². The Morgan fingerprint density at radius 1 is 1.88 bits per heavy atom. The molecule has 1 heterocycles. The van der Waals surface area contributed by atoms with Crippen molar-refractivity contribution >= 4 is 27.3 Å². The highest BCUT2D eigenvalue weighted by molar-refractivity contribution is 9.08. The Morgan fingerprint density at radius 2 is 2.62 bits per heavy atom. The van der Waals surface area contributed by atoms with Crippen LogP contribution in [-0.4, -0.2) is 4.98 Å². The van der Waals surface area contributed by atoms with E-state index in [1.165, 1.54) is 11.3 Å². The average Bonchev–Trinajstić information content (AvgIpc) is 2.14. The van der Waals surface area contributed by atoms with Gasteiger partial charge in [-0.1, -0.05) is 27.3 Å². The molecule has 44 valence electrons. The quantitative estimate of drug-likeness (QED) is 0.672. The van der Waals surface area contributed by atoms with E-state index < -0.39 is 0 Å². The number of hydrogen-bond acceptors (Lipinski definition) is 2. The van der Waals surface area contributed by atoms with Gasteiger partial charge in [0.05, 0.1) is 0 Å². The maximum atomic E-state index is 10.4. The van der Waals surface area contributed by atoms with Crippen molar-refractivity contribution in [3.63, 3.8) is 0 Å². The molecule has 1 rings (SSSR count). The van der Waals surface area contributed by atoms with E-state index in [1.807, 2.05) is 0 Å². The lowest BCUT2D eigenvalue weighted by Gasteiger charge is -1.77. The van der Waals surface area contributed by atoms with E-state index in [2.05, 4.69) is 20.9 Å². The van der Waals surface area contributed by atoms with Crippen LogP contribution in [0.3, 0.4) is 0 Å². The van der Waals surface area contributed by atoms with Gasteiger partial charge in [0, 0.05) is 16.4 Å². The molecule has 0 aliphatic heterocycles. The van der Waals surface area contributed by atoms with Crippen molar-refractivity contribution < 1.29 is 0 Å². The predicted molar refractivity (Wildman–Crippen MR) is 37.6 cm³/mol. The van der Waals surface area contributed by atoms with Gasteiger partial charge in [0.25, 0.3) is 0 Å². The van der Waals surface area contributed by atoms with Gasteiger partial charge in [0.2, 0.25) is 0 Å². The van der Waals surface area contributed by atoms with Crippen LogP contribution >= 0.6 is 27.3 Å². The molecular formula is C4H4BrNOS. The molecule has 0 unspecified atom stereocenters. The number of hydrogen-bond donors (Lipinski definition) is 1. The van der Waals surface area contributed by atoms with Crippen LogP contribution in [0.5, 0.6) is 0 Å². The SMILES string of the molecule is O=c1[nH]c(CBr)cs1. The van der Waals surface area contributed by atoms with Crippen molar-refractivity contribution in [2.75, 3.05) is 0 Å². The van der Waals surface area contributed by atoms with Crippen molar-refractivity contribution in [2.24, 2.45) is 0 Å². The minimum atomic E-state index is 0.0134. The summed E-state index contributed by atoms with van der Waals surface area (Å²) in [6.07, 6.45) is 0. The number of thiazole rings is 1. The number of aromatic nitrogens is 1. The Morgan fingerprint density at radius 3 is 2.88 bits per heavy atom. The van der Waals surface area contributed by atoms with E-state index in [9.17, 15) is 4.79 Å². The molecule has 0 bridgehead atoms. The summed E-state index contributed by atoms with van der Waals surface area (Å²) in [6.45, 7) is 0. The summed E-state index contributed by atoms with van der Waals surface area (Å²) in [6, 6.07) is 0. The standard InChI is InChI=1S/C4H4BrNOS/c5-1-3-2-8-4(7)6-3/h2H,1H2,(H,6,7). The summed E-state index contributed by atoms with van der Waals surface area (Å²) in [5.41, 5.74) is 0.944. The second-order valence-corrected chi connectivity index (χ2v) is 2.71. The largest absolute Gasteiger partial charge is 0.316 e. The number of nitrogens with one attached hydrogen (secondary N) is 1. The summed E-state index contributed by atoms with van der Waals surface area (Å²) in [7, 11) is 0. The van der Waals surface area contributed by atoms with Crippen molar-refractivity contribution in [3.8, 4) is 0 Å². The normalized spacial score (nSPS) is 9.62. The van der Waals surface area contributed by atoms with Gasteiger partial charge >= 0.3 is 4.87 Å². The molecular weight excluding hydrogens is 190 g/mol. The highest BCUT2D eigenvalue weighted by atomic mass is 79.9. The number of H-pyrrole nitrogens is 1. The Labute approximate surface area is 58.7 Å². The number of alkyl halides is 1. The molecule has 0 saturated carbocycles. The van der Waals surface area contributed by atoms with E-state index >= 15 is 0 Å². The van der Waals surface area contributed by atoms with Crippen molar-refractivity contribution in [2.45, 2.75) is 5.33 Å². The maximum Gasteiger partial charge on any atom is 0.304 e. The van der Waals surface area contributed by atoms with Crippen LogP contribution in [0.15, 0.2) is 10.2 Å². The summed E-state index contributed by atoms with van der Waals surface area (Å²) < 4.78 is 0. The van der Waals surface area contributed by atoms with Crippen LogP contribution in [0.4, 0.5) is 0 Å². The lowest BCUT2D eigenvalue weighted by molar-refractivity contribution is 1.21. The fourth-order valence-corrected chi connectivity index (χ4v) is 1.48. The zero-order valence-electron chi connectivity index (χ0n) is 3.98. The van der Waals surface area contributed by atoms with E-state index in [4.69, 9.17) is 0 Å². The van der Waals surface area contributed by atoms with Crippen LogP contribution in [0.2, 0.25) is 0 Å². The fraction of sp³-hybridized carbons (Fsp3) is 0.250. The Kier molecular flexibility index (Phi) is 1.85. The number of rotatable bonds is 1. The summed E-state index contributed by atoms with van der Waals surface area (Å²) in [4.78, 5) is 13.0. The molecule has 0 amide bonds. The van der Waals surface area contributed by atoms with Crippen LogP contribution < -0.4 is 4.87 Å². The lowest BCUT2D eigenvalue weighted by Crippen LogP contribution is -1.92. The maximum absolute atomic E-state index is 10.4. The summed E-state index contributed by atoms with van der Waals surface area (Å²) in [5.74, 6) is 0. The van der Waals surface area contributed by atoms with Gasteiger partial charge in [-0.15, -0.1) is 0 Å². The van der Waals surface area contributed by atoms with Gasteiger partial charge in [0.1, 0.15) is 0 Å². The second-order valence-electron chi connectivity index (χ2n) is 1.31. The van der Waals surface area contributed by atoms with Crippen molar-refractivity contribution in [1.29, 1.82) is 0 Å². The van der Waals surface area contributed by atoms with Gasteiger partial charge in [-0.25, -0.2) is 0 Å². The molecule has 0 saturated heterocycles. The highest BCUT2D eigenvalue weighted by Gasteiger charge is 1.89. The highest BCUT2D eigenvalue weighted by Crippen LogP contribution is 1.99. The zero-order chi connectivity index (χ0) is 5.98. The average molecular weight is 194 g/mol. The lowest BCUT2D eigenvalue weighted by atomic mass is 10.6. The van der Waals surface area contributed by atoms with Crippen LogP contribution in [0.1, 0.15) is 5.69 Å². The second kappa shape index (κ2) is 2.46. The first kappa shape index (κ1) is 6.04. The first-order valence-corrected chi connectivity index (χ1v) is 4.05. The van der Waals surface area contributed by atoms with Gasteiger partial charge in [-0.2, -0.15) is 0 Å². The molecule has 1 aromatic heterocycles. The van der Waals surface area contributed by atoms with Crippen LogP contribution in [-0.2, 0) is 5.33 Å². The molecule has 0 aliphatic rings. The first-order valence-electron chi connectivity index (χ1n) is 2.05. The third-order valence-corrected chi connectivity index (χ3v) is 2.04. The molecule has 1 aromatic rings. The molecule has 0 aliphatic carbocycles. The van der Waals surface area contributed by atoms with Crippen molar-refractivity contribution in [1.82, 2.24) is 4.98 Å². The van der Waals surface area contributed by atoms with Gasteiger partial charge in [0.15, 0.2) is 0 Å². The molecule has 0 aromatic carbocycles. The molecule has 0 fully saturated rings. The topological polar surface area (TPSA) is 32.9 Å². The minimum Gasteiger partial charge on any atom is -0.316 e. The minimum absolute atomic E-state index is 0.0134. The monoisotopic (exact) mass is 193 g/mol.